The van der Waals surface area contributed by atoms with Gasteiger partial charge < -0.3 is 9.47 Å². The molecule has 6 nitrogen and oxygen atoms in total. The number of amides is 1. The third kappa shape index (κ3) is 3.70. The lowest BCUT2D eigenvalue weighted by Crippen LogP contribution is -2.47. The summed E-state index contributed by atoms with van der Waals surface area (Å²) in [5.41, 5.74) is -0.00134. The lowest BCUT2D eigenvalue weighted by molar-refractivity contribution is -0.147. The molecule has 2 aromatic carbocycles. The number of halogens is 3. The first-order valence-corrected chi connectivity index (χ1v) is 9.85. The molecular weight excluding hydrogens is 421 g/mol. The summed E-state index contributed by atoms with van der Waals surface area (Å²) in [4.78, 5) is 30.1. The number of benzene rings is 2. The Hall–Kier alpha value is -3.14. The Morgan fingerprint density at radius 2 is 2.07 bits per heavy atom. The molecule has 10 heteroatoms. The van der Waals surface area contributed by atoms with Crippen molar-refractivity contribution in [1.29, 1.82) is 0 Å². The van der Waals surface area contributed by atoms with E-state index in [2.05, 4.69) is 4.98 Å². The summed E-state index contributed by atoms with van der Waals surface area (Å²) in [5.74, 6) is -3.45. The Balaban J connectivity index is 1.71. The molecule has 0 N–H and O–H groups in total. The molecule has 3 aromatic rings. The minimum absolute atomic E-state index is 0.0854. The summed E-state index contributed by atoms with van der Waals surface area (Å²) < 4.78 is 52.6. The molecule has 1 unspecified atom stereocenters. The van der Waals surface area contributed by atoms with Crippen molar-refractivity contribution in [2.75, 3.05) is 11.5 Å². The zero-order valence-corrected chi connectivity index (χ0v) is 16.5. The summed E-state index contributed by atoms with van der Waals surface area (Å²) in [6, 6.07) is 5.89. The first-order valence-electron chi connectivity index (χ1n) is 9.04. The van der Waals surface area contributed by atoms with E-state index in [9.17, 15) is 22.8 Å². The van der Waals surface area contributed by atoms with Crippen LogP contribution < -0.4 is 9.64 Å². The number of hydrogen-bond donors (Lipinski definition) is 0. The van der Waals surface area contributed by atoms with E-state index in [0.29, 0.717) is 0 Å². The molecule has 0 saturated heterocycles. The van der Waals surface area contributed by atoms with Gasteiger partial charge in [-0.05, 0) is 19.1 Å². The molecule has 1 aromatic heterocycles. The molecule has 0 spiro atoms. The van der Waals surface area contributed by atoms with Crippen LogP contribution in [-0.4, -0.2) is 29.6 Å². The van der Waals surface area contributed by atoms with Gasteiger partial charge in [0.1, 0.15) is 28.1 Å². The highest BCUT2D eigenvalue weighted by Gasteiger charge is 2.38. The molecule has 0 bridgehead atoms. The minimum atomic E-state index is -1.21. The Morgan fingerprint density at radius 1 is 1.27 bits per heavy atom. The molecule has 0 saturated carbocycles. The zero-order valence-electron chi connectivity index (χ0n) is 15.7. The predicted molar refractivity (Wildman–Crippen MR) is 103 cm³/mol. The third-order valence-electron chi connectivity index (χ3n) is 4.43. The van der Waals surface area contributed by atoms with E-state index >= 15 is 0 Å². The number of carbonyl (C=O) groups excluding carboxylic acids is 2. The van der Waals surface area contributed by atoms with Crippen LogP contribution in [0.15, 0.2) is 30.3 Å². The molecular formula is C20H15F3N2O4S. The molecule has 0 radical (unpaired) electrons. The van der Waals surface area contributed by atoms with Gasteiger partial charge in [0.2, 0.25) is 0 Å². The molecule has 0 fully saturated rings. The van der Waals surface area contributed by atoms with Crippen LogP contribution in [0.25, 0.3) is 10.2 Å². The van der Waals surface area contributed by atoms with E-state index in [-0.39, 0.29) is 46.2 Å². The van der Waals surface area contributed by atoms with Crippen molar-refractivity contribution in [2.45, 2.75) is 26.0 Å². The van der Waals surface area contributed by atoms with Crippen LogP contribution in [0.1, 0.15) is 18.4 Å². The number of anilines is 1. The van der Waals surface area contributed by atoms with Gasteiger partial charge >= 0.3 is 5.97 Å². The summed E-state index contributed by atoms with van der Waals surface area (Å²) in [7, 11) is 0. The molecule has 4 rings (SSSR count). The van der Waals surface area contributed by atoms with Gasteiger partial charge in [-0.25, -0.2) is 18.2 Å². The van der Waals surface area contributed by atoms with Crippen LogP contribution in [0.2, 0.25) is 0 Å². The summed E-state index contributed by atoms with van der Waals surface area (Å²) in [6.07, 6.45) is -1.55. The Kier molecular flexibility index (Phi) is 5.33. The topological polar surface area (TPSA) is 68.7 Å². The summed E-state index contributed by atoms with van der Waals surface area (Å²) >= 11 is 0.931. The largest absolute Gasteiger partial charge is 0.478 e. The SMILES string of the molecule is CCOC(=O)CC1Oc2cccc(F)c2N(Cc2nc3cc(F)cc(F)c3s2)C1=O. The average Bonchev–Trinajstić information content (AvgIpc) is 3.08. The molecule has 30 heavy (non-hydrogen) atoms. The fraction of sp³-hybridized carbons (Fsp3) is 0.250. The molecule has 1 aliphatic heterocycles. The normalized spacial score (nSPS) is 15.8. The van der Waals surface area contributed by atoms with Gasteiger partial charge in [-0.1, -0.05) is 6.07 Å². The van der Waals surface area contributed by atoms with Crippen molar-refractivity contribution < 1.29 is 32.2 Å². The van der Waals surface area contributed by atoms with Crippen molar-refractivity contribution in [3.8, 4) is 5.75 Å². The van der Waals surface area contributed by atoms with E-state index in [1.165, 1.54) is 18.2 Å². The molecule has 1 amide bonds. The number of aromatic nitrogens is 1. The molecule has 1 atom stereocenters. The van der Waals surface area contributed by atoms with E-state index in [0.717, 1.165) is 28.4 Å². The minimum Gasteiger partial charge on any atom is -0.478 e. The summed E-state index contributed by atoms with van der Waals surface area (Å²) in [5, 5.41) is 0.272. The molecule has 0 aliphatic carbocycles. The van der Waals surface area contributed by atoms with Crippen LogP contribution >= 0.6 is 11.3 Å². The maximum absolute atomic E-state index is 14.5. The van der Waals surface area contributed by atoms with Crippen LogP contribution in [0.4, 0.5) is 18.9 Å². The molecule has 156 valence electrons. The van der Waals surface area contributed by atoms with Crippen LogP contribution in [0.3, 0.4) is 0 Å². The van der Waals surface area contributed by atoms with E-state index in [4.69, 9.17) is 9.47 Å². The van der Waals surface area contributed by atoms with Gasteiger partial charge in [0, 0.05) is 12.1 Å². The van der Waals surface area contributed by atoms with E-state index < -0.39 is 35.4 Å². The first kappa shape index (κ1) is 20.1. The lowest BCUT2D eigenvalue weighted by Gasteiger charge is -2.33. The highest BCUT2D eigenvalue weighted by atomic mass is 32.1. The lowest BCUT2D eigenvalue weighted by atomic mass is 10.1. The second kappa shape index (κ2) is 7.94. The van der Waals surface area contributed by atoms with Crippen LogP contribution in [0.5, 0.6) is 5.75 Å². The fourth-order valence-electron chi connectivity index (χ4n) is 3.21. The first-order chi connectivity index (χ1) is 14.4. The van der Waals surface area contributed by atoms with Gasteiger partial charge in [-0.15, -0.1) is 11.3 Å². The van der Waals surface area contributed by atoms with Gasteiger partial charge in [-0.3, -0.25) is 14.5 Å². The van der Waals surface area contributed by atoms with Crippen molar-refractivity contribution in [1.82, 2.24) is 4.98 Å². The Morgan fingerprint density at radius 3 is 2.83 bits per heavy atom. The number of thiazole rings is 1. The maximum atomic E-state index is 14.5. The maximum Gasteiger partial charge on any atom is 0.310 e. The zero-order chi connectivity index (χ0) is 21.4. The van der Waals surface area contributed by atoms with E-state index in [1.807, 2.05) is 0 Å². The molecule has 1 aliphatic rings. The fourth-order valence-corrected chi connectivity index (χ4v) is 4.15. The van der Waals surface area contributed by atoms with Crippen molar-refractivity contribution in [2.24, 2.45) is 0 Å². The smallest absolute Gasteiger partial charge is 0.310 e. The number of esters is 1. The van der Waals surface area contributed by atoms with Gasteiger partial charge in [-0.2, -0.15) is 0 Å². The number of fused-ring (bicyclic) bond motifs is 2. The Labute approximate surface area is 172 Å². The highest BCUT2D eigenvalue weighted by molar-refractivity contribution is 7.18. The second-order valence-corrected chi connectivity index (χ2v) is 7.55. The monoisotopic (exact) mass is 436 g/mol. The highest BCUT2D eigenvalue weighted by Crippen LogP contribution is 2.38. The second-order valence-electron chi connectivity index (χ2n) is 6.47. The number of hydrogen-bond acceptors (Lipinski definition) is 6. The number of rotatable bonds is 5. The third-order valence-corrected chi connectivity index (χ3v) is 5.50. The Bertz CT molecular complexity index is 1150. The quantitative estimate of drug-likeness (QED) is 0.567. The van der Waals surface area contributed by atoms with Crippen LogP contribution in [-0.2, 0) is 20.9 Å². The number of ether oxygens (including phenoxy) is 2. The summed E-state index contributed by atoms with van der Waals surface area (Å²) in [6.45, 7) is 1.58. The average molecular weight is 436 g/mol. The number of nitrogens with zero attached hydrogens (tertiary/aromatic N) is 2. The van der Waals surface area contributed by atoms with Gasteiger partial charge in [0.15, 0.2) is 11.9 Å². The van der Waals surface area contributed by atoms with Crippen molar-refractivity contribution >= 4 is 39.1 Å². The predicted octanol–water partition coefficient (Wildman–Crippen LogP) is 3.96. The standard InChI is InChI=1S/C20H15F3N2O4S/c1-2-28-17(26)8-15-20(27)25(18-11(22)4-3-5-14(18)29-15)9-16-24-13-7-10(21)6-12(23)19(13)30-16/h3-7,15H,2,8-9H2,1H3. The number of para-hydroxylation sites is 1. The molecule has 2 heterocycles. The number of carbonyl (C=O) groups is 2. The van der Waals surface area contributed by atoms with Gasteiger partial charge in [0.05, 0.1) is 29.8 Å². The van der Waals surface area contributed by atoms with Crippen LogP contribution in [0, 0.1) is 17.5 Å². The van der Waals surface area contributed by atoms with Crippen molar-refractivity contribution in [3.63, 3.8) is 0 Å². The van der Waals surface area contributed by atoms with E-state index in [1.54, 1.807) is 6.92 Å². The van der Waals surface area contributed by atoms with Crippen molar-refractivity contribution in [3.05, 3.63) is 52.8 Å². The van der Waals surface area contributed by atoms with Gasteiger partial charge in [0.25, 0.3) is 5.91 Å².